The molecule has 1 unspecified atom stereocenters. The topological polar surface area (TPSA) is 26.0 Å². The molecule has 1 aliphatic rings. The van der Waals surface area contributed by atoms with E-state index in [1.165, 1.54) is 32.1 Å². The van der Waals surface area contributed by atoms with Crippen LogP contribution in [0.4, 0.5) is 0 Å². The van der Waals surface area contributed by atoms with E-state index in [0.717, 1.165) is 12.5 Å². The van der Waals surface area contributed by atoms with Crippen LogP contribution in [0, 0.1) is 11.3 Å². The first-order valence-corrected chi connectivity index (χ1v) is 5.04. The third-order valence-electron chi connectivity index (χ3n) is 3.19. The van der Waals surface area contributed by atoms with Crippen molar-refractivity contribution in [3.63, 3.8) is 0 Å². The van der Waals surface area contributed by atoms with Crippen LogP contribution in [-0.2, 0) is 0 Å². The zero-order valence-electron chi connectivity index (χ0n) is 8.18. The Morgan fingerprint density at radius 2 is 2.08 bits per heavy atom. The summed E-state index contributed by atoms with van der Waals surface area (Å²) in [6.07, 6.45) is 8.93. The van der Waals surface area contributed by atoms with E-state index in [4.69, 9.17) is 5.73 Å². The van der Waals surface area contributed by atoms with E-state index in [-0.39, 0.29) is 5.41 Å². The second kappa shape index (κ2) is 4.08. The zero-order valence-corrected chi connectivity index (χ0v) is 8.18. The predicted octanol–water partition coefficient (Wildman–Crippen LogP) is 2.72. The minimum Gasteiger partial charge on any atom is -0.330 e. The Kier molecular flexibility index (Phi) is 3.33. The van der Waals surface area contributed by atoms with Crippen LogP contribution in [-0.4, -0.2) is 6.54 Å². The van der Waals surface area contributed by atoms with Gasteiger partial charge in [-0.3, -0.25) is 0 Å². The van der Waals surface area contributed by atoms with Crippen molar-refractivity contribution in [3.05, 3.63) is 12.7 Å². The Labute approximate surface area is 76.0 Å². The van der Waals surface area contributed by atoms with Crippen LogP contribution in [0.3, 0.4) is 0 Å². The normalized spacial score (nSPS) is 23.8. The highest BCUT2D eigenvalue weighted by atomic mass is 14.6. The molecule has 0 heterocycles. The summed E-state index contributed by atoms with van der Waals surface area (Å²) in [5, 5.41) is 0. The molecule has 0 aromatic carbocycles. The van der Waals surface area contributed by atoms with Gasteiger partial charge in [-0.15, -0.1) is 6.58 Å². The molecule has 1 nitrogen and oxygen atoms in total. The molecule has 1 heteroatoms. The van der Waals surface area contributed by atoms with Gasteiger partial charge in [-0.05, 0) is 17.8 Å². The first-order valence-electron chi connectivity index (χ1n) is 5.04. The summed E-state index contributed by atoms with van der Waals surface area (Å²) in [6, 6.07) is 0. The molecule has 0 aromatic rings. The Morgan fingerprint density at radius 1 is 1.50 bits per heavy atom. The maximum Gasteiger partial charge on any atom is 0.00115 e. The van der Waals surface area contributed by atoms with Crippen molar-refractivity contribution in [3.8, 4) is 0 Å². The van der Waals surface area contributed by atoms with Crippen LogP contribution in [0.1, 0.15) is 39.0 Å². The van der Waals surface area contributed by atoms with Crippen LogP contribution in [0.2, 0.25) is 0 Å². The molecule has 1 fully saturated rings. The van der Waals surface area contributed by atoms with Crippen LogP contribution in [0.25, 0.3) is 0 Å². The van der Waals surface area contributed by atoms with Gasteiger partial charge < -0.3 is 5.73 Å². The molecule has 0 spiro atoms. The van der Waals surface area contributed by atoms with Gasteiger partial charge in [0.2, 0.25) is 0 Å². The van der Waals surface area contributed by atoms with Gasteiger partial charge in [0.1, 0.15) is 0 Å². The van der Waals surface area contributed by atoms with Crippen LogP contribution in [0.15, 0.2) is 12.7 Å². The quantitative estimate of drug-likeness (QED) is 0.640. The van der Waals surface area contributed by atoms with Crippen molar-refractivity contribution >= 4 is 0 Å². The summed E-state index contributed by atoms with van der Waals surface area (Å²) in [5.74, 6) is 0.913. The molecule has 1 rings (SSSR count). The molecule has 0 aromatic heterocycles. The zero-order chi connectivity index (χ0) is 9.03. The van der Waals surface area contributed by atoms with E-state index in [9.17, 15) is 0 Å². The van der Waals surface area contributed by atoms with E-state index >= 15 is 0 Å². The summed E-state index contributed by atoms with van der Waals surface area (Å²) in [7, 11) is 0. The second-order valence-electron chi connectivity index (χ2n) is 4.42. The Morgan fingerprint density at radius 3 is 2.50 bits per heavy atom. The lowest BCUT2D eigenvalue weighted by molar-refractivity contribution is 0.317. The van der Waals surface area contributed by atoms with Gasteiger partial charge in [0.15, 0.2) is 0 Å². The smallest absolute Gasteiger partial charge is 0.00115 e. The van der Waals surface area contributed by atoms with Crippen LogP contribution in [0.5, 0.6) is 0 Å². The number of rotatable bonds is 4. The largest absolute Gasteiger partial charge is 0.330 e. The molecule has 1 atom stereocenters. The second-order valence-corrected chi connectivity index (χ2v) is 4.42. The molecular weight excluding hydrogens is 146 g/mol. The van der Waals surface area contributed by atoms with Crippen molar-refractivity contribution in [1.29, 1.82) is 0 Å². The fraction of sp³-hybridized carbons (Fsp3) is 0.818. The van der Waals surface area contributed by atoms with Gasteiger partial charge in [-0.25, -0.2) is 0 Å². The molecule has 0 amide bonds. The molecule has 70 valence electrons. The van der Waals surface area contributed by atoms with E-state index in [0.29, 0.717) is 0 Å². The average molecular weight is 167 g/mol. The molecule has 12 heavy (non-hydrogen) atoms. The van der Waals surface area contributed by atoms with Gasteiger partial charge >= 0.3 is 0 Å². The first kappa shape index (κ1) is 9.79. The SMILES string of the molecule is C=CC(C)(CN)CC1CCCC1. The van der Waals surface area contributed by atoms with E-state index in [1.54, 1.807) is 0 Å². The summed E-state index contributed by atoms with van der Waals surface area (Å²) in [6.45, 7) is 6.83. The Bertz CT molecular complexity index is 147. The third kappa shape index (κ3) is 2.34. The number of hydrogen-bond donors (Lipinski definition) is 1. The maximum absolute atomic E-state index is 5.72. The molecule has 0 saturated heterocycles. The number of hydrogen-bond acceptors (Lipinski definition) is 1. The first-order chi connectivity index (χ1) is 5.70. The lowest BCUT2D eigenvalue weighted by atomic mass is 9.80. The van der Waals surface area contributed by atoms with Crippen molar-refractivity contribution in [2.45, 2.75) is 39.0 Å². The standard InChI is InChI=1S/C11H21N/c1-3-11(2,9-12)8-10-6-4-5-7-10/h3,10H,1,4-9,12H2,2H3. The summed E-state index contributed by atoms with van der Waals surface area (Å²) < 4.78 is 0. The molecular formula is C11H21N. The van der Waals surface area contributed by atoms with E-state index < -0.39 is 0 Å². The van der Waals surface area contributed by atoms with Gasteiger partial charge in [0.25, 0.3) is 0 Å². The highest BCUT2D eigenvalue weighted by Gasteiger charge is 2.25. The fourth-order valence-electron chi connectivity index (χ4n) is 2.12. The van der Waals surface area contributed by atoms with E-state index in [2.05, 4.69) is 13.5 Å². The highest BCUT2D eigenvalue weighted by molar-refractivity contribution is 4.94. The molecule has 0 aliphatic heterocycles. The van der Waals surface area contributed by atoms with Gasteiger partial charge in [-0.1, -0.05) is 38.7 Å². The van der Waals surface area contributed by atoms with Gasteiger partial charge in [-0.2, -0.15) is 0 Å². The summed E-state index contributed by atoms with van der Waals surface area (Å²) in [5.41, 5.74) is 5.91. The third-order valence-corrected chi connectivity index (χ3v) is 3.19. The van der Waals surface area contributed by atoms with Gasteiger partial charge in [0, 0.05) is 6.54 Å². The maximum atomic E-state index is 5.72. The molecule has 1 saturated carbocycles. The predicted molar refractivity (Wildman–Crippen MR) is 53.9 cm³/mol. The van der Waals surface area contributed by atoms with Crippen molar-refractivity contribution in [2.75, 3.05) is 6.54 Å². The molecule has 1 aliphatic carbocycles. The van der Waals surface area contributed by atoms with Crippen LogP contribution < -0.4 is 5.73 Å². The molecule has 0 bridgehead atoms. The number of nitrogens with two attached hydrogens (primary N) is 1. The molecule has 0 radical (unpaired) electrons. The fourth-order valence-corrected chi connectivity index (χ4v) is 2.12. The van der Waals surface area contributed by atoms with E-state index in [1.807, 2.05) is 6.08 Å². The lowest BCUT2D eigenvalue weighted by Gasteiger charge is -2.26. The summed E-state index contributed by atoms with van der Waals surface area (Å²) >= 11 is 0. The van der Waals surface area contributed by atoms with Gasteiger partial charge in [0.05, 0.1) is 0 Å². The average Bonchev–Trinajstić information content (AvgIpc) is 2.57. The molecule has 2 N–H and O–H groups in total. The van der Waals surface area contributed by atoms with Crippen molar-refractivity contribution < 1.29 is 0 Å². The highest BCUT2D eigenvalue weighted by Crippen LogP contribution is 2.35. The Hall–Kier alpha value is -0.300. The lowest BCUT2D eigenvalue weighted by Crippen LogP contribution is -2.26. The van der Waals surface area contributed by atoms with Crippen molar-refractivity contribution in [1.82, 2.24) is 0 Å². The summed E-state index contributed by atoms with van der Waals surface area (Å²) in [4.78, 5) is 0. The Balaban J connectivity index is 2.40. The minimum atomic E-state index is 0.189. The van der Waals surface area contributed by atoms with Crippen molar-refractivity contribution in [2.24, 2.45) is 17.1 Å². The monoisotopic (exact) mass is 167 g/mol. The minimum absolute atomic E-state index is 0.189. The van der Waals surface area contributed by atoms with Crippen LogP contribution >= 0.6 is 0 Å².